The van der Waals surface area contributed by atoms with Crippen LogP contribution >= 0.6 is 0 Å². The molecule has 2 rings (SSSR count). The van der Waals surface area contributed by atoms with Gasteiger partial charge in [-0.2, -0.15) is 0 Å². The molecular weight excluding hydrogens is 202 g/mol. The van der Waals surface area contributed by atoms with Crippen LogP contribution in [0.4, 0.5) is 5.69 Å². The number of benzene rings is 1. The molecule has 0 bridgehead atoms. The quantitative estimate of drug-likeness (QED) is 0.729. The second-order valence-corrected chi connectivity index (χ2v) is 3.72. The summed E-state index contributed by atoms with van der Waals surface area (Å²) in [5.41, 5.74) is 1.05. The molecule has 0 atom stereocenters. The van der Waals surface area contributed by atoms with Crippen molar-refractivity contribution in [2.24, 2.45) is 0 Å². The second-order valence-electron chi connectivity index (χ2n) is 3.72. The molecule has 1 aromatic rings. The van der Waals surface area contributed by atoms with E-state index in [1.807, 2.05) is 18.2 Å². The van der Waals surface area contributed by atoms with Crippen LogP contribution < -0.4 is 14.4 Å². The molecule has 86 valence electrons. The lowest BCUT2D eigenvalue weighted by atomic mass is 10.2. The second kappa shape index (κ2) is 4.92. The minimum atomic E-state index is 0.870. The fourth-order valence-corrected chi connectivity index (χ4v) is 1.99. The fourth-order valence-electron chi connectivity index (χ4n) is 1.99. The van der Waals surface area contributed by atoms with Gasteiger partial charge in [-0.15, -0.1) is 0 Å². The Kier molecular flexibility index (Phi) is 3.34. The topological polar surface area (TPSA) is 21.7 Å². The molecule has 16 heavy (non-hydrogen) atoms. The van der Waals surface area contributed by atoms with Crippen molar-refractivity contribution >= 4 is 5.69 Å². The highest BCUT2D eigenvalue weighted by atomic mass is 16.5. The van der Waals surface area contributed by atoms with Gasteiger partial charge in [-0.25, -0.2) is 0 Å². The first-order chi connectivity index (χ1) is 7.86. The molecule has 1 aromatic carbocycles. The molecule has 1 heterocycles. The summed E-state index contributed by atoms with van der Waals surface area (Å²) in [5, 5.41) is 0. The van der Waals surface area contributed by atoms with E-state index in [-0.39, 0.29) is 0 Å². The average molecular weight is 219 g/mol. The van der Waals surface area contributed by atoms with Crippen molar-refractivity contribution in [2.75, 3.05) is 32.2 Å². The molecule has 3 heteroatoms. The number of rotatable bonds is 3. The van der Waals surface area contributed by atoms with Gasteiger partial charge in [-0.1, -0.05) is 18.2 Å². The molecular formula is C13H17NO2. The first kappa shape index (κ1) is 10.9. The average Bonchev–Trinajstić information content (AvgIpc) is 2.38. The summed E-state index contributed by atoms with van der Waals surface area (Å²) < 4.78 is 10.8. The van der Waals surface area contributed by atoms with E-state index in [4.69, 9.17) is 9.47 Å². The van der Waals surface area contributed by atoms with Crippen LogP contribution in [0.25, 0.3) is 0 Å². The van der Waals surface area contributed by atoms with Gasteiger partial charge in [0.05, 0.1) is 14.2 Å². The van der Waals surface area contributed by atoms with Crippen molar-refractivity contribution in [1.82, 2.24) is 0 Å². The minimum Gasteiger partial charge on any atom is -0.494 e. The maximum Gasteiger partial charge on any atom is 0.146 e. The molecule has 0 amide bonds. The number of anilines is 1. The Hall–Kier alpha value is -1.64. The SMILES string of the molecule is COc1cccc(OC)c1N1CC=CCC1. The molecule has 0 aromatic heterocycles. The van der Waals surface area contributed by atoms with Crippen LogP contribution in [0.15, 0.2) is 30.4 Å². The maximum atomic E-state index is 5.40. The van der Waals surface area contributed by atoms with Crippen LogP contribution in [0.3, 0.4) is 0 Å². The smallest absolute Gasteiger partial charge is 0.146 e. The summed E-state index contributed by atoms with van der Waals surface area (Å²) in [6.07, 6.45) is 5.45. The Morgan fingerprint density at radius 1 is 1.06 bits per heavy atom. The van der Waals surface area contributed by atoms with E-state index in [2.05, 4.69) is 17.1 Å². The van der Waals surface area contributed by atoms with E-state index in [1.54, 1.807) is 14.2 Å². The van der Waals surface area contributed by atoms with Gasteiger partial charge in [0.2, 0.25) is 0 Å². The third-order valence-electron chi connectivity index (χ3n) is 2.78. The highest BCUT2D eigenvalue weighted by Gasteiger charge is 2.17. The number of nitrogens with zero attached hydrogens (tertiary/aromatic N) is 1. The molecule has 0 fully saturated rings. The molecule has 0 spiro atoms. The molecule has 0 saturated heterocycles. The van der Waals surface area contributed by atoms with Crippen LogP contribution in [0.5, 0.6) is 11.5 Å². The lowest BCUT2D eigenvalue weighted by Crippen LogP contribution is -2.27. The van der Waals surface area contributed by atoms with Gasteiger partial charge >= 0.3 is 0 Å². The van der Waals surface area contributed by atoms with Gasteiger partial charge in [-0.05, 0) is 18.6 Å². The molecule has 0 unspecified atom stereocenters. The van der Waals surface area contributed by atoms with E-state index in [0.29, 0.717) is 0 Å². The summed E-state index contributed by atoms with van der Waals surface area (Å²) in [6.45, 7) is 1.92. The summed E-state index contributed by atoms with van der Waals surface area (Å²) in [5.74, 6) is 1.74. The predicted octanol–water partition coefficient (Wildman–Crippen LogP) is 2.47. The van der Waals surface area contributed by atoms with Gasteiger partial charge in [0.15, 0.2) is 0 Å². The molecule has 0 N–H and O–H groups in total. The van der Waals surface area contributed by atoms with Gasteiger partial charge in [-0.3, -0.25) is 0 Å². The summed E-state index contributed by atoms with van der Waals surface area (Å²) in [4.78, 5) is 2.28. The maximum absolute atomic E-state index is 5.40. The molecule has 0 radical (unpaired) electrons. The van der Waals surface area contributed by atoms with Crippen LogP contribution in [-0.4, -0.2) is 27.3 Å². The first-order valence-corrected chi connectivity index (χ1v) is 5.47. The Labute approximate surface area is 96.3 Å². The summed E-state index contributed by atoms with van der Waals surface area (Å²) >= 11 is 0. The zero-order chi connectivity index (χ0) is 11.4. The Balaban J connectivity index is 2.39. The number of para-hydroxylation sites is 1. The number of hydrogen-bond acceptors (Lipinski definition) is 3. The van der Waals surface area contributed by atoms with Crippen molar-refractivity contribution in [1.29, 1.82) is 0 Å². The zero-order valence-corrected chi connectivity index (χ0v) is 9.77. The van der Waals surface area contributed by atoms with E-state index in [0.717, 1.165) is 36.7 Å². The minimum absolute atomic E-state index is 0.870. The normalized spacial score (nSPS) is 15.0. The van der Waals surface area contributed by atoms with Gasteiger partial charge < -0.3 is 14.4 Å². The third-order valence-corrected chi connectivity index (χ3v) is 2.78. The van der Waals surface area contributed by atoms with Crippen molar-refractivity contribution in [2.45, 2.75) is 6.42 Å². The van der Waals surface area contributed by atoms with E-state index >= 15 is 0 Å². The molecule has 0 saturated carbocycles. The number of methoxy groups -OCH3 is 2. The first-order valence-electron chi connectivity index (χ1n) is 5.47. The fraction of sp³-hybridized carbons (Fsp3) is 0.385. The van der Waals surface area contributed by atoms with E-state index < -0.39 is 0 Å². The number of ether oxygens (including phenoxy) is 2. The summed E-state index contributed by atoms with van der Waals surface area (Å²) in [6, 6.07) is 5.88. The van der Waals surface area contributed by atoms with Crippen molar-refractivity contribution in [3.8, 4) is 11.5 Å². The molecule has 3 nitrogen and oxygen atoms in total. The van der Waals surface area contributed by atoms with E-state index in [9.17, 15) is 0 Å². The molecule has 1 aliphatic heterocycles. The van der Waals surface area contributed by atoms with Crippen LogP contribution in [0, 0.1) is 0 Å². The lowest BCUT2D eigenvalue weighted by molar-refractivity contribution is 0.394. The molecule has 0 aliphatic carbocycles. The number of hydrogen-bond donors (Lipinski definition) is 0. The van der Waals surface area contributed by atoms with Gasteiger partial charge in [0.25, 0.3) is 0 Å². The van der Waals surface area contributed by atoms with Crippen molar-refractivity contribution < 1.29 is 9.47 Å². The zero-order valence-electron chi connectivity index (χ0n) is 9.77. The highest BCUT2D eigenvalue weighted by Crippen LogP contribution is 2.38. The van der Waals surface area contributed by atoms with Gasteiger partial charge in [0.1, 0.15) is 17.2 Å². The standard InChI is InChI=1S/C13H17NO2/c1-15-11-7-6-8-12(16-2)13(11)14-9-4-3-5-10-14/h3-4,6-8H,5,9-10H2,1-2H3. The van der Waals surface area contributed by atoms with Crippen molar-refractivity contribution in [3.05, 3.63) is 30.4 Å². The Morgan fingerprint density at radius 2 is 1.75 bits per heavy atom. The lowest BCUT2D eigenvalue weighted by Gasteiger charge is -2.28. The van der Waals surface area contributed by atoms with Gasteiger partial charge in [0, 0.05) is 13.1 Å². The Bertz CT molecular complexity index is 365. The van der Waals surface area contributed by atoms with Crippen molar-refractivity contribution in [3.63, 3.8) is 0 Å². The monoisotopic (exact) mass is 219 g/mol. The Morgan fingerprint density at radius 3 is 2.25 bits per heavy atom. The third kappa shape index (κ3) is 1.98. The largest absolute Gasteiger partial charge is 0.494 e. The summed E-state index contributed by atoms with van der Waals surface area (Å²) in [7, 11) is 3.39. The van der Waals surface area contributed by atoms with Crippen LogP contribution in [0.1, 0.15) is 6.42 Å². The van der Waals surface area contributed by atoms with Crippen LogP contribution in [0.2, 0.25) is 0 Å². The van der Waals surface area contributed by atoms with E-state index in [1.165, 1.54) is 0 Å². The van der Waals surface area contributed by atoms with Crippen LogP contribution in [-0.2, 0) is 0 Å². The highest BCUT2D eigenvalue weighted by molar-refractivity contribution is 5.68. The predicted molar refractivity (Wildman–Crippen MR) is 65.5 cm³/mol. The molecule has 1 aliphatic rings.